The van der Waals surface area contributed by atoms with Gasteiger partial charge in [-0.05, 0) is 49.4 Å². The molecular formula is C23H26N6O3. The Kier molecular flexibility index (Phi) is 5.89. The summed E-state index contributed by atoms with van der Waals surface area (Å²) in [5.74, 6) is 1.46. The lowest BCUT2D eigenvalue weighted by molar-refractivity contribution is -0.384. The van der Waals surface area contributed by atoms with Gasteiger partial charge in [-0.25, -0.2) is 4.98 Å². The number of pyridine rings is 1. The van der Waals surface area contributed by atoms with Gasteiger partial charge in [0.05, 0.1) is 10.6 Å². The fraction of sp³-hybridized carbons (Fsp3) is 0.348. The molecule has 2 aromatic heterocycles. The van der Waals surface area contributed by atoms with E-state index in [4.69, 9.17) is 0 Å². The first-order chi connectivity index (χ1) is 15.3. The molecule has 1 aromatic carbocycles. The fourth-order valence-electron chi connectivity index (χ4n) is 4.37. The summed E-state index contributed by atoms with van der Waals surface area (Å²) in [5, 5.41) is 19.0. The van der Waals surface area contributed by atoms with Crippen LogP contribution in [0.2, 0.25) is 0 Å². The van der Waals surface area contributed by atoms with Gasteiger partial charge in [0.2, 0.25) is 0 Å². The van der Waals surface area contributed by atoms with Gasteiger partial charge in [0.1, 0.15) is 11.5 Å². The predicted octanol–water partition coefficient (Wildman–Crippen LogP) is 4.22. The Labute approximate surface area is 186 Å². The molecule has 0 aliphatic carbocycles. The van der Waals surface area contributed by atoms with Crippen molar-refractivity contribution in [1.29, 1.82) is 0 Å². The molecule has 32 heavy (non-hydrogen) atoms. The Morgan fingerprint density at radius 2 is 1.91 bits per heavy atom. The predicted molar refractivity (Wildman–Crippen MR) is 122 cm³/mol. The molecule has 1 amide bonds. The van der Waals surface area contributed by atoms with Crippen LogP contribution in [0.3, 0.4) is 0 Å². The first-order valence-corrected chi connectivity index (χ1v) is 10.6. The number of piperidine rings is 1. The minimum atomic E-state index is -0.447. The number of hydrogen-bond acceptors (Lipinski definition) is 6. The van der Waals surface area contributed by atoms with E-state index in [0.717, 1.165) is 19.5 Å². The van der Waals surface area contributed by atoms with Gasteiger partial charge in [0.25, 0.3) is 11.6 Å². The first kappa shape index (κ1) is 21.5. The van der Waals surface area contributed by atoms with Crippen LogP contribution in [0, 0.1) is 28.9 Å². The summed E-state index contributed by atoms with van der Waals surface area (Å²) >= 11 is 0. The van der Waals surface area contributed by atoms with Crippen LogP contribution in [0.15, 0.2) is 48.7 Å². The van der Waals surface area contributed by atoms with E-state index in [9.17, 15) is 14.9 Å². The summed E-state index contributed by atoms with van der Waals surface area (Å²) < 4.78 is 1.53. The topological polar surface area (TPSA) is 106 Å². The third-order valence-corrected chi connectivity index (χ3v) is 5.58. The van der Waals surface area contributed by atoms with Gasteiger partial charge < -0.3 is 10.2 Å². The largest absolute Gasteiger partial charge is 0.365 e. The van der Waals surface area contributed by atoms with Crippen LogP contribution >= 0.6 is 0 Å². The molecule has 2 atom stereocenters. The monoisotopic (exact) mass is 434 g/mol. The molecule has 1 aliphatic rings. The molecule has 1 fully saturated rings. The zero-order valence-electron chi connectivity index (χ0n) is 18.4. The second-order valence-corrected chi connectivity index (χ2v) is 8.54. The zero-order chi connectivity index (χ0) is 22.8. The number of nitrogens with one attached hydrogen (secondary N) is 1. The molecule has 1 aliphatic heterocycles. The van der Waals surface area contributed by atoms with E-state index >= 15 is 0 Å². The van der Waals surface area contributed by atoms with Crippen LogP contribution in [-0.2, 0) is 0 Å². The number of aromatic nitrogens is 3. The molecule has 3 aromatic rings. The van der Waals surface area contributed by atoms with E-state index in [1.165, 1.54) is 10.7 Å². The number of carbonyl (C=O) groups is 1. The number of rotatable bonds is 5. The van der Waals surface area contributed by atoms with E-state index < -0.39 is 10.8 Å². The summed E-state index contributed by atoms with van der Waals surface area (Å²) in [5.41, 5.74) is 1.42. The molecule has 3 heterocycles. The quantitative estimate of drug-likeness (QED) is 0.476. The van der Waals surface area contributed by atoms with Crippen molar-refractivity contribution in [2.75, 3.05) is 23.3 Å². The third kappa shape index (κ3) is 4.46. The number of nitro groups is 1. The molecule has 0 radical (unpaired) electrons. The molecule has 9 nitrogen and oxygen atoms in total. The lowest BCUT2D eigenvalue weighted by Crippen LogP contribution is -2.39. The molecule has 2 unspecified atom stereocenters. The number of nitro benzene ring substituents is 1. The molecule has 1 saturated heterocycles. The smallest absolute Gasteiger partial charge is 0.293 e. The van der Waals surface area contributed by atoms with Crippen LogP contribution in [0.25, 0.3) is 5.82 Å². The number of hydrogen-bond donors (Lipinski definition) is 1. The van der Waals surface area contributed by atoms with Crippen molar-refractivity contribution in [1.82, 2.24) is 14.8 Å². The molecule has 0 bridgehead atoms. The summed E-state index contributed by atoms with van der Waals surface area (Å²) in [6.45, 7) is 7.65. The van der Waals surface area contributed by atoms with Gasteiger partial charge in [-0.3, -0.25) is 14.9 Å². The highest BCUT2D eigenvalue weighted by molar-refractivity contribution is 6.04. The number of nitrogens with zero attached hydrogens (tertiary/aromatic N) is 5. The van der Waals surface area contributed by atoms with Crippen LogP contribution < -0.4 is 10.2 Å². The Morgan fingerprint density at radius 1 is 1.16 bits per heavy atom. The Hall–Kier alpha value is -3.75. The minimum Gasteiger partial charge on any atom is -0.365 e. The molecule has 1 N–H and O–H groups in total. The van der Waals surface area contributed by atoms with Crippen LogP contribution in [0.1, 0.15) is 36.3 Å². The van der Waals surface area contributed by atoms with Crippen molar-refractivity contribution in [3.63, 3.8) is 0 Å². The second-order valence-electron chi connectivity index (χ2n) is 8.54. The number of amides is 1. The van der Waals surface area contributed by atoms with Crippen molar-refractivity contribution in [2.45, 2.75) is 27.2 Å². The summed E-state index contributed by atoms with van der Waals surface area (Å²) in [6.07, 6.45) is 2.75. The van der Waals surface area contributed by atoms with Crippen molar-refractivity contribution in [2.24, 2.45) is 11.8 Å². The Bertz CT molecular complexity index is 1130. The van der Waals surface area contributed by atoms with Crippen molar-refractivity contribution < 1.29 is 9.72 Å². The van der Waals surface area contributed by atoms with Crippen molar-refractivity contribution in [3.8, 4) is 5.82 Å². The van der Waals surface area contributed by atoms with Gasteiger partial charge in [0.15, 0.2) is 5.82 Å². The standard InChI is InChI=1S/C23H26N6O3/c1-15-10-16(2)14-27(13-15)19-8-7-18(12-20(19)29(31)32)23(30)25-22-11-17(3)26-28(22)21-6-4-5-9-24-21/h4-9,11-12,15-16H,10,13-14H2,1-3H3,(H,25,30). The first-order valence-electron chi connectivity index (χ1n) is 10.6. The summed E-state index contributed by atoms with van der Waals surface area (Å²) in [6, 6.07) is 11.8. The minimum absolute atomic E-state index is 0.0617. The van der Waals surface area contributed by atoms with E-state index in [1.54, 1.807) is 36.5 Å². The number of anilines is 2. The maximum Gasteiger partial charge on any atom is 0.293 e. The lowest BCUT2D eigenvalue weighted by Gasteiger charge is -2.36. The van der Waals surface area contributed by atoms with Gasteiger partial charge in [-0.15, -0.1) is 0 Å². The van der Waals surface area contributed by atoms with Gasteiger partial charge in [-0.1, -0.05) is 19.9 Å². The Morgan fingerprint density at radius 3 is 2.56 bits per heavy atom. The Balaban J connectivity index is 1.62. The normalized spacial score (nSPS) is 18.4. The maximum absolute atomic E-state index is 13.0. The molecule has 0 spiro atoms. The molecular weight excluding hydrogens is 408 g/mol. The van der Waals surface area contributed by atoms with Crippen LogP contribution in [0.5, 0.6) is 0 Å². The summed E-state index contributed by atoms with van der Waals surface area (Å²) in [7, 11) is 0. The molecule has 0 saturated carbocycles. The highest BCUT2D eigenvalue weighted by atomic mass is 16.6. The van der Waals surface area contributed by atoms with Gasteiger partial charge in [0, 0.05) is 37.0 Å². The van der Waals surface area contributed by atoms with Gasteiger partial charge in [-0.2, -0.15) is 9.78 Å². The SMILES string of the molecule is Cc1cc(NC(=O)c2ccc(N3CC(C)CC(C)C3)c([N+](=O)[O-])c2)n(-c2ccccn2)n1. The maximum atomic E-state index is 13.0. The second kappa shape index (κ2) is 8.78. The summed E-state index contributed by atoms with van der Waals surface area (Å²) in [4.78, 5) is 30.7. The average Bonchev–Trinajstić information content (AvgIpc) is 3.13. The van der Waals surface area contributed by atoms with E-state index in [-0.39, 0.29) is 11.3 Å². The molecule has 166 valence electrons. The van der Waals surface area contributed by atoms with E-state index in [0.29, 0.717) is 34.9 Å². The van der Waals surface area contributed by atoms with Crippen molar-refractivity contribution in [3.05, 3.63) is 70.0 Å². The van der Waals surface area contributed by atoms with Crippen LogP contribution in [0.4, 0.5) is 17.2 Å². The van der Waals surface area contributed by atoms with Crippen LogP contribution in [-0.4, -0.2) is 38.7 Å². The average molecular weight is 435 g/mol. The molecule has 4 rings (SSSR count). The zero-order valence-corrected chi connectivity index (χ0v) is 18.4. The number of aryl methyl sites for hydroxylation is 1. The molecule has 9 heteroatoms. The lowest BCUT2D eigenvalue weighted by atomic mass is 9.91. The number of carbonyl (C=O) groups excluding carboxylic acids is 1. The highest BCUT2D eigenvalue weighted by Crippen LogP contribution is 2.34. The third-order valence-electron chi connectivity index (χ3n) is 5.58. The van der Waals surface area contributed by atoms with Crippen molar-refractivity contribution >= 4 is 23.1 Å². The van der Waals surface area contributed by atoms with E-state index in [2.05, 4.69) is 34.1 Å². The van der Waals surface area contributed by atoms with Gasteiger partial charge >= 0.3 is 0 Å². The fourth-order valence-corrected chi connectivity index (χ4v) is 4.37. The highest BCUT2D eigenvalue weighted by Gasteiger charge is 2.28. The van der Waals surface area contributed by atoms with E-state index in [1.807, 2.05) is 13.0 Å². The number of benzene rings is 1.